The molecule has 0 atom stereocenters. The molecule has 100 valence electrons. The molecule has 0 aliphatic carbocycles. The Morgan fingerprint density at radius 1 is 1.47 bits per heavy atom. The van der Waals surface area contributed by atoms with Gasteiger partial charge in [0.15, 0.2) is 11.5 Å². The highest BCUT2D eigenvalue weighted by atomic mass is 16.5. The second-order valence-corrected chi connectivity index (χ2v) is 4.02. The molecule has 0 spiro atoms. The van der Waals surface area contributed by atoms with Crippen LogP contribution in [0.4, 0.5) is 0 Å². The number of hydrogen-bond donors (Lipinski definition) is 1. The third-order valence-electron chi connectivity index (χ3n) is 2.55. The largest absolute Gasteiger partial charge is 0.484 e. The van der Waals surface area contributed by atoms with Gasteiger partial charge in [0.1, 0.15) is 12.4 Å². The fourth-order valence-corrected chi connectivity index (χ4v) is 1.61. The number of rotatable bonds is 5. The molecule has 2 aromatic heterocycles. The number of aromatic nitrogens is 2. The minimum Gasteiger partial charge on any atom is -0.484 e. The lowest BCUT2D eigenvalue weighted by molar-refractivity contribution is 0.0685. The fourth-order valence-electron chi connectivity index (χ4n) is 1.61. The average Bonchev–Trinajstić information content (AvgIpc) is 2.86. The number of aromatic carboxylic acids is 1. The van der Waals surface area contributed by atoms with Gasteiger partial charge in [-0.05, 0) is 25.5 Å². The van der Waals surface area contributed by atoms with Gasteiger partial charge >= 0.3 is 5.97 Å². The summed E-state index contributed by atoms with van der Waals surface area (Å²) in [5, 5.41) is 12.1. The molecule has 0 bridgehead atoms. The van der Waals surface area contributed by atoms with E-state index in [-0.39, 0.29) is 12.3 Å². The predicted molar refractivity (Wildman–Crippen MR) is 66.1 cm³/mol. The first-order valence-corrected chi connectivity index (χ1v) is 5.88. The van der Waals surface area contributed by atoms with Gasteiger partial charge in [-0.25, -0.2) is 4.79 Å². The van der Waals surface area contributed by atoms with E-state index in [1.54, 1.807) is 0 Å². The topological polar surface area (TPSA) is 85.5 Å². The van der Waals surface area contributed by atoms with E-state index < -0.39 is 5.97 Å². The van der Waals surface area contributed by atoms with Gasteiger partial charge in [-0.1, -0.05) is 12.1 Å². The first-order valence-electron chi connectivity index (χ1n) is 5.88. The zero-order valence-electron chi connectivity index (χ0n) is 10.7. The molecule has 2 aromatic rings. The molecule has 6 heteroatoms. The summed E-state index contributed by atoms with van der Waals surface area (Å²) in [6.07, 6.45) is 0.758. The molecule has 0 radical (unpaired) electrons. The average molecular weight is 262 g/mol. The van der Waals surface area contributed by atoms with Crippen molar-refractivity contribution in [3.05, 3.63) is 41.0 Å². The monoisotopic (exact) mass is 262 g/mol. The zero-order valence-corrected chi connectivity index (χ0v) is 10.7. The van der Waals surface area contributed by atoms with Crippen molar-refractivity contribution in [1.82, 2.24) is 10.1 Å². The number of hydrogen-bond acceptors (Lipinski definition) is 5. The Balaban J connectivity index is 2.07. The molecule has 19 heavy (non-hydrogen) atoms. The third-order valence-corrected chi connectivity index (χ3v) is 2.55. The number of ether oxygens (including phenoxy) is 1. The Morgan fingerprint density at radius 3 is 2.89 bits per heavy atom. The highest BCUT2D eigenvalue weighted by Gasteiger charge is 2.12. The van der Waals surface area contributed by atoms with Gasteiger partial charge in [-0.2, -0.15) is 0 Å². The number of carboxylic acids is 1. The number of carbonyl (C=O) groups is 1. The first-order chi connectivity index (χ1) is 9.10. The highest BCUT2D eigenvalue weighted by Crippen LogP contribution is 2.19. The normalized spacial score (nSPS) is 10.4. The quantitative estimate of drug-likeness (QED) is 0.889. The van der Waals surface area contributed by atoms with Crippen LogP contribution in [0.1, 0.15) is 34.6 Å². The number of aryl methyl sites for hydroxylation is 2. The molecule has 2 rings (SSSR count). The maximum absolute atomic E-state index is 10.7. The Kier molecular flexibility index (Phi) is 3.79. The van der Waals surface area contributed by atoms with E-state index in [9.17, 15) is 4.79 Å². The van der Waals surface area contributed by atoms with Crippen LogP contribution < -0.4 is 4.74 Å². The summed E-state index contributed by atoms with van der Waals surface area (Å²) < 4.78 is 10.4. The minimum absolute atomic E-state index is 0.123. The molecule has 0 aliphatic rings. The number of pyridine rings is 1. The van der Waals surface area contributed by atoms with Gasteiger partial charge in [0.25, 0.3) is 0 Å². The molecular formula is C13H14N2O4. The van der Waals surface area contributed by atoms with Crippen LogP contribution in [0.15, 0.2) is 22.7 Å². The van der Waals surface area contributed by atoms with E-state index in [0.29, 0.717) is 11.5 Å². The fraction of sp³-hybridized carbons (Fsp3) is 0.308. The standard InChI is InChI=1S/C13H14N2O4/c1-3-10-12(5-4-8(2)14-10)18-7-9-6-11(13(16)17)15-19-9/h4-6H,3,7H2,1-2H3,(H,16,17). The number of nitrogens with zero attached hydrogens (tertiary/aromatic N) is 2. The van der Waals surface area contributed by atoms with E-state index in [0.717, 1.165) is 17.8 Å². The highest BCUT2D eigenvalue weighted by molar-refractivity contribution is 5.85. The van der Waals surface area contributed by atoms with Crippen LogP contribution in [-0.2, 0) is 13.0 Å². The van der Waals surface area contributed by atoms with Gasteiger partial charge < -0.3 is 14.4 Å². The van der Waals surface area contributed by atoms with Gasteiger partial charge in [0.05, 0.1) is 5.69 Å². The Labute approximate surface area is 110 Å². The van der Waals surface area contributed by atoms with Crippen molar-refractivity contribution in [1.29, 1.82) is 0 Å². The van der Waals surface area contributed by atoms with E-state index in [4.69, 9.17) is 14.4 Å². The van der Waals surface area contributed by atoms with Gasteiger partial charge in [0, 0.05) is 11.8 Å². The first kappa shape index (κ1) is 13.1. The van der Waals surface area contributed by atoms with Crippen molar-refractivity contribution < 1.29 is 19.2 Å². The summed E-state index contributed by atoms with van der Waals surface area (Å²) in [6, 6.07) is 5.04. The van der Waals surface area contributed by atoms with Crippen molar-refractivity contribution in [2.24, 2.45) is 0 Å². The van der Waals surface area contributed by atoms with Crippen LogP contribution in [0.5, 0.6) is 5.75 Å². The second kappa shape index (κ2) is 5.51. The van der Waals surface area contributed by atoms with Crippen LogP contribution in [0.3, 0.4) is 0 Å². The van der Waals surface area contributed by atoms with Crippen LogP contribution in [0.25, 0.3) is 0 Å². The van der Waals surface area contributed by atoms with Gasteiger partial charge in [-0.15, -0.1) is 0 Å². The lowest BCUT2D eigenvalue weighted by Crippen LogP contribution is -2.00. The van der Waals surface area contributed by atoms with E-state index >= 15 is 0 Å². The van der Waals surface area contributed by atoms with Crippen molar-refractivity contribution in [3.8, 4) is 5.75 Å². The molecule has 1 N–H and O–H groups in total. The lowest BCUT2D eigenvalue weighted by atomic mass is 10.2. The van der Waals surface area contributed by atoms with Crippen LogP contribution in [-0.4, -0.2) is 21.2 Å². The van der Waals surface area contributed by atoms with Crippen LogP contribution in [0.2, 0.25) is 0 Å². The molecule has 0 saturated carbocycles. The van der Waals surface area contributed by atoms with Crippen molar-refractivity contribution >= 4 is 5.97 Å². The van der Waals surface area contributed by atoms with Gasteiger partial charge in [0.2, 0.25) is 0 Å². The Morgan fingerprint density at radius 2 is 2.26 bits per heavy atom. The third kappa shape index (κ3) is 3.09. The molecule has 0 fully saturated rings. The summed E-state index contributed by atoms with van der Waals surface area (Å²) in [7, 11) is 0. The van der Waals surface area contributed by atoms with Crippen molar-refractivity contribution in [2.75, 3.05) is 0 Å². The molecular weight excluding hydrogens is 248 g/mol. The van der Waals surface area contributed by atoms with E-state index in [1.807, 2.05) is 26.0 Å². The van der Waals surface area contributed by atoms with E-state index in [1.165, 1.54) is 6.07 Å². The summed E-state index contributed by atoms with van der Waals surface area (Å²) in [6.45, 7) is 4.03. The summed E-state index contributed by atoms with van der Waals surface area (Å²) in [5.41, 5.74) is 1.66. The smallest absolute Gasteiger partial charge is 0.358 e. The minimum atomic E-state index is -1.12. The molecule has 2 heterocycles. The molecule has 6 nitrogen and oxygen atoms in total. The Bertz CT molecular complexity index is 592. The summed E-state index contributed by atoms with van der Waals surface area (Å²) in [4.78, 5) is 15.0. The maximum Gasteiger partial charge on any atom is 0.358 e. The Hall–Kier alpha value is -2.37. The maximum atomic E-state index is 10.7. The van der Waals surface area contributed by atoms with Crippen LogP contribution >= 0.6 is 0 Å². The van der Waals surface area contributed by atoms with Crippen molar-refractivity contribution in [3.63, 3.8) is 0 Å². The predicted octanol–water partition coefficient (Wildman–Crippen LogP) is 2.22. The second-order valence-electron chi connectivity index (χ2n) is 4.02. The SMILES string of the molecule is CCc1nc(C)ccc1OCc1cc(C(=O)O)no1. The summed E-state index contributed by atoms with van der Waals surface area (Å²) >= 11 is 0. The summed E-state index contributed by atoms with van der Waals surface area (Å²) in [5.74, 6) is -0.0948. The lowest BCUT2D eigenvalue weighted by Gasteiger charge is -2.08. The molecule has 0 aromatic carbocycles. The number of carboxylic acid groups (broad SMARTS) is 1. The molecule has 0 unspecified atom stereocenters. The molecule has 0 aliphatic heterocycles. The van der Waals surface area contributed by atoms with Gasteiger partial charge in [-0.3, -0.25) is 4.98 Å². The molecule has 0 amide bonds. The zero-order chi connectivity index (χ0) is 13.8. The van der Waals surface area contributed by atoms with Crippen LogP contribution in [0, 0.1) is 6.92 Å². The van der Waals surface area contributed by atoms with E-state index in [2.05, 4.69) is 10.1 Å². The molecule has 0 saturated heterocycles. The van der Waals surface area contributed by atoms with Crippen molar-refractivity contribution in [2.45, 2.75) is 26.9 Å².